The molecule has 1 saturated carbocycles. The minimum Gasteiger partial charge on any atom is -0.507 e. The highest BCUT2D eigenvalue weighted by molar-refractivity contribution is 6.30. The van der Waals surface area contributed by atoms with Crippen molar-refractivity contribution >= 4 is 46.9 Å². The second kappa shape index (κ2) is 11.8. The molecule has 4 aliphatic rings. The molecule has 2 heterocycles. The molecule has 2 aliphatic heterocycles. The van der Waals surface area contributed by atoms with E-state index in [4.69, 9.17) is 11.6 Å². The first-order chi connectivity index (χ1) is 23.3. The number of hydrogen-bond acceptors (Lipinski definition) is 7. The molecule has 0 bridgehead atoms. The van der Waals surface area contributed by atoms with Gasteiger partial charge in [0.05, 0.1) is 35.3 Å². The van der Waals surface area contributed by atoms with Crippen LogP contribution in [0.1, 0.15) is 47.4 Å². The van der Waals surface area contributed by atoms with E-state index in [-0.39, 0.29) is 25.1 Å². The molecule has 3 fully saturated rings. The fourth-order valence-electron chi connectivity index (χ4n) is 8.68. The Bertz CT molecular complexity index is 1940. The molecule has 0 aromatic heterocycles. The number of phenols is 1. The summed E-state index contributed by atoms with van der Waals surface area (Å²) in [5.74, 6) is -7.63. The summed E-state index contributed by atoms with van der Waals surface area (Å²) in [7, 11) is 0. The molecule has 4 amide bonds. The highest BCUT2D eigenvalue weighted by atomic mass is 35.5. The number of nitrogens with zero attached hydrogens (tertiary/aromatic N) is 2. The van der Waals surface area contributed by atoms with Gasteiger partial charge in [0.25, 0.3) is 11.8 Å². The van der Waals surface area contributed by atoms with Gasteiger partial charge in [0.1, 0.15) is 11.6 Å². The van der Waals surface area contributed by atoms with Crippen LogP contribution in [-0.4, -0.2) is 56.3 Å². The number of carboxylic acids is 1. The summed E-state index contributed by atoms with van der Waals surface area (Å²) in [5.41, 5.74) is 4.67. The highest BCUT2D eigenvalue weighted by Crippen LogP contribution is 2.64. The number of hydrogen-bond donors (Lipinski definition) is 3. The van der Waals surface area contributed by atoms with Crippen molar-refractivity contribution in [2.45, 2.75) is 44.4 Å². The third kappa shape index (κ3) is 4.93. The maximum absolute atomic E-state index is 15.1. The zero-order valence-corrected chi connectivity index (χ0v) is 27.4. The molecule has 7 rings (SSSR count). The van der Waals surface area contributed by atoms with E-state index in [9.17, 15) is 33.8 Å². The smallest absolute Gasteiger partial charge is 0.305 e. The molecule has 12 heteroatoms. The lowest BCUT2D eigenvalue weighted by molar-refractivity contribution is -0.143. The molecule has 2 aliphatic carbocycles. The van der Waals surface area contributed by atoms with E-state index in [1.54, 1.807) is 50.2 Å². The normalized spacial score (nSPS) is 27.5. The Kier molecular flexibility index (Phi) is 7.85. The van der Waals surface area contributed by atoms with Gasteiger partial charge in [0.2, 0.25) is 11.8 Å². The van der Waals surface area contributed by atoms with Crippen molar-refractivity contribution < 1.29 is 38.6 Å². The number of carbonyl (C=O) groups is 5. The number of likely N-dealkylation sites (tertiary alicyclic amines) is 1. The van der Waals surface area contributed by atoms with Crippen molar-refractivity contribution in [2.75, 3.05) is 12.0 Å². The summed E-state index contributed by atoms with van der Waals surface area (Å²) in [6, 6.07) is 15.6. The van der Waals surface area contributed by atoms with Crippen LogP contribution >= 0.6 is 11.6 Å². The average Bonchev–Trinajstić information content (AvgIpc) is 3.44. The zero-order chi connectivity index (χ0) is 34.9. The van der Waals surface area contributed by atoms with Crippen molar-refractivity contribution in [3.05, 3.63) is 105 Å². The number of carbonyl (C=O) groups excluding carboxylic acids is 4. The van der Waals surface area contributed by atoms with Crippen LogP contribution in [0, 0.1) is 43.3 Å². The van der Waals surface area contributed by atoms with E-state index in [1.807, 2.05) is 6.08 Å². The first-order valence-corrected chi connectivity index (χ1v) is 16.5. The number of hydrazine groups is 1. The lowest BCUT2D eigenvalue weighted by Gasteiger charge is -2.50. The molecule has 6 atom stereocenters. The van der Waals surface area contributed by atoms with E-state index in [1.165, 1.54) is 24.3 Å². The van der Waals surface area contributed by atoms with E-state index < -0.39 is 76.8 Å². The Morgan fingerprint density at radius 3 is 2.24 bits per heavy atom. The van der Waals surface area contributed by atoms with Crippen LogP contribution in [0.15, 0.2) is 72.3 Å². The van der Waals surface area contributed by atoms with E-state index in [0.717, 1.165) is 15.5 Å². The van der Waals surface area contributed by atoms with Crippen LogP contribution in [0.25, 0.3) is 0 Å². The van der Waals surface area contributed by atoms with Gasteiger partial charge in [-0.15, -0.1) is 0 Å². The number of rotatable bonds is 7. The number of aliphatic carboxylic acids is 1. The monoisotopic (exact) mass is 685 g/mol. The van der Waals surface area contributed by atoms with Crippen molar-refractivity contribution in [3.8, 4) is 5.75 Å². The van der Waals surface area contributed by atoms with Gasteiger partial charge in [-0.2, -0.15) is 5.01 Å². The van der Waals surface area contributed by atoms with Crippen LogP contribution < -0.4 is 5.43 Å². The average molecular weight is 686 g/mol. The molecule has 252 valence electrons. The van der Waals surface area contributed by atoms with Crippen molar-refractivity contribution in [1.29, 1.82) is 0 Å². The van der Waals surface area contributed by atoms with Gasteiger partial charge >= 0.3 is 5.97 Å². The van der Waals surface area contributed by atoms with Crippen LogP contribution in [0.3, 0.4) is 0 Å². The van der Waals surface area contributed by atoms with Gasteiger partial charge < -0.3 is 10.2 Å². The van der Waals surface area contributed by atoms with Crippen molar-refractivity contribution in [3.63, 3.8) is 0 Å². The second-order valence-electron chi connectivity index (χ2n) is 13.3. The van der Waals surface area contributed by atoms with Crippen LogP contribution in [0.2, 0.25) is 5.02 Å². The number of amides is 4. The Labute approximate surface area is 286 Å². The summed E-state index contributed by atoms with van der Waals surface area (Å²) in [6.45, 7) is 3.23. The Morgan fingerprint density at radius 1 is 0.959 bits per heavy atom. The molecule has 3 aromatic carbocycles. The summed E-state index contributed by atoms with van der Waals surface area (Å²) in [4.78, 5) is 69.7. The first kappa shape index (κ1) is 32.5. The van der Waals surface area contributed by atoms with Crippen molar-refractivity contribution in [2.24, 2.45) is 23.7 Å². The number of halogens is 2. The molecule has 0 spiro atoms. The molecule has 49 heavy (non-hydrogen) atoms. The van der Waals surface area contributed by atoms with Gasteiger partial charge in [-0.1, -0.05) is 47.5 Å². The number of allylic oxidation sites excluding steroid dienone is 2. The Balaban J connectivity index is 1.44. The minimum absolute atomic E-state index is 0.0557. The lowest BCUT2D eigenvalue weighted by atomic mass is 9.49. The highest BCUT2D eigenvalue weighted by Gasteiger charge is 2.70. The van der Waals surface area contributed by atoms with E-state index in [0.29, 0.717) is 33.0 Å². The summed E-state index contributed by atoms with van der Waals surface area (Å²) < 4.78 is 13.8. The molecule has 2 saturated heterocycles. The molecule has 3 N–H and O–H groups in total. The fourth-order valence-corrected chi connectivity index (χ4v) is 8.81. The maximum Gasteiger partial charge on any atom is 0.305 e. The lowest BCUT2D eigenvalue weighted by Crippen LogP contribution is -2.53. The molecular weight excluding hydrogens is 653 g/mol. The molecule has 10 nitrogen and oxygen atoms in total. The molecule has 3 aromatic rings. The first-order valence-electron chi connectivity index (χ1n) is 16.1. The van der Waals surface area contributed by atoms with E-state index >= 15 is 4.79 Å². The SMILES string of the molecule is Cc1cc([C@H]2C3=CC[C@@H]4C(=O)N(CCC(=O)O)C(=O)[C@@H]4[C@@H]3C[C@H]3C(=O)N(Nc4ccc(F)cc4)C(=O)[C@@]23c2ccc(Cl)cc2)cc(C)c1O. The second-order valence-corrected chi connectivity index (χ2v) is 13.8. The largest absolute Gasteiger partial charge is 0.507 e. The Morgan fingerprint density at radius 2 is 1.61 bits per heavy atom. The summed E-state index contributed by atoms with van der Waals surface area (Å²) in [6.07, 6.45) is 1.76. The molecular formula is C37H33ClFN3O7. The maximum atomic E-state index is 15.1. The number of anilines is 1. The topological polar surface area (TPSA) is 144 Å². The summed E-state index contributed by atoms with van der Waals surface area (Å²) >= 11 is 6.32. The fraction of sp³-hybridized carbons (Fsp3) is 0.324. The number of imide groups is 2. The predicted molar refractivity (Wildman–Crippen MR) is 176 cm³/mol. The van der Waals surface area contributed by atoms with Crippen LogP contribution in [0.5, 0.6) is 5.75 Å². The van der Waals surface area contributed by atoms with Gasteiger partial charge in [0, 0.05) is 17.5 Å². The minimum atomic E-state index is -1.55. The van der Waals surface area contributed by atoms with Crippen LogP contribution in [-0.2, 0) is 29.4 Å². The molecule has 0 radical (unpaired) electrons. The number of nitrogens with one attached hydrogen (secondary N) is 1. The summed E-state index contributed by atoms with van der Waals surface area (Å²) in [5, 5.41) is 21.4. The number of aryl methyl sites for hydroxylation is 2. The number of carboxylic acid groups (broad SMARTS) is 1. The number of aromatic hydroxyl groups is 1. The van der Waals surface area contributed by atoms with Gasteiger partial charge in [0.15, 0.2) is 0 Å². The number of fused-ring (bicyclic) bond motifs is 4. The Hall–Kier alpha value is -5.03. The van der Waals surface area contributed by atoms with Crippen molar-refractivity contribution in [1.82, 2.24) is 9.91 Å². The predicted octanol–water partition coefficient (Wildman–Crippen LogP) is 5.26. The zero-order valence-electron chi connectivity index (χ0n) is 26.7. The number of benzene rings is 3. The third-order valence-electron chi connectivity index (χ3n) is 10.7. The van der Waals surface area contributed by atoms with Gasteiger partial charge in [-0.25, -0.2) is 4.39 Å². The molecule has 0 unspecified atom stereocenters. The quantitative estimate of drug-likeness (QED) is 0.226. The van der Waals surface area contributed by atoms with E-state index in [2.05, 4.69) is 5.43 Å². The standard InChI is InChI=1S/C37H33ClFN3O7/c1-18-15-20(16-19(2)32(18)45)31-25-11-12-26-30(35(48)41(33(26)46)14-13-29(43)44)27(25)17-28-34(47)42(40-24-9-7-23(39)8-10-24)36(49)37(28,31)21-3-5-22(38)6-4-21/h3-11,15-16,26-28,30-31,40,45H,12-14,17H2,1-2H3,(H,43,44)/t26-,27+,28-,30-,31-,37+/m0/s1. The van der Waals surface area contributed by atoms with Crippen LogP contribution in [0.4, 0.5) is 10.1 Å². The number of phenolic OH excluding ortho intramolecular Hbond substituents is 1. The third-order valence-corrected chi connectivity index (χ3v) is 11.0. The van der Waals surface area contributed by atoms with Gasteiger partial charge in [-0.3, -0.25) is 34.3 Å². The van der Waals surface area contributed by atoms with Gasteiger partial charge in [-0.05, 0) is 91.3 Å².